The van der Waals surface area contributed by atoms with Gasteiger partial charge in [0.25, 0.3) is 0 Å². The fourth-order valence-electron chi connectivity index (χ4n) is 2.64. The molecule has 33 heavy (non-hydrogen) atoms. The average molecular weight is 473 g/mol. The van der Waals surface area contributed by atoms with Crippen molar-refractivity contribution in [1.82, 2.24) is 0 Å². The van der Waals surface area contributed by atoms with Gasteiger partial charge in [0.15, 0.2) is 0 Å². The Balaban J connectivity index is 1.83. The predicted octanol–water partition coefficient (Wildman–Crippen LogP) is 4.57. The highest BCUT2D eigenvalue weighted by Crippen LogP contribution is 2.26. The SMILES string of the molecule is CCCCOC(=O)c1ccc(NC(=O)C(C)Sc2ccc(NC(=O)CCC(=O)O)cc2)cc1. The van der Waals surface area contributed by atoms with Crippen molar-refractivity contribution in [3.05, 3.63) is 54.1 Å². The molecule has 0 bridgehead atoms. The molecule has 0 aliphatic rings. The summed E-state index contributed by atoms with van der Waals surface area (Å²) in [6.45, 7) is 4.19. The number of hydrogen-bond acceptors (Lipinski definition) is 6. The van der Waals surface area contributed by atoms with Crippen LogP contribution in [0.25, 0.3) is 0 Å². The van der Waals surface area contributed by atoms with Crippen molar-refractivity contribution in [2.24, 2.45) is 0 Å². The molecule has 2 aromatic carbocycles. The third-order valence-corrected chi connectivity index (χ3v) is 5.62. The number of benzene rings is 2. The first-order chi connectivity index (χ1) is 15.8. The number of carboxylic acids is 1. The van der Waals surface area contributed by atoms with E-state index in [4.69, 9.17) is 9.84 Å². The Hall–Kier alpha value is -3.33. The number of rotatable bonds is 12. The molecule has 0 spiro atoms. The highest BCUT2D eigenvalue weighted by molar-refractivity contribution is 8.00. The Labute approximate surface area is 197 Å². The lowest BCUT2D eigenvalue weighted by Gasteiger charge is -2.13. The van der Waals surface area contributed by atoms with Crippen LogP contribution in [0, 0.1) is 0 Å². The first-order valence-electron chi connectivity index (χ1n) is 10.6. The zero-order chi connectivity index (χ0) is 24.2. The second kappa shape index (κ2) is 13.3. The maximum atomic E-state index is 12.5. The summed E-state index contributed by atoms with van der Waals surface area (Å²) in [6.07, 6.45) is 1.45. The molecule has 0 saturated heterocycles. The van der Waals surface area contributed by atoms with Gasteiger partial charge in [0, 0.05) is 22.7 Å². The largest absolute Gasteiger partial charge is 0.481 e. The zero-order valence-corrected chi connectivity index (χ0v) is 19.4. The molecule has 2 amide bonds. The molecule has 1 unspecified atom stereocenters. The van der Waals surface area contributed by atoms with Crippen LogP contribution in [0.4, 0.5) is 11.4 Å². The van der Waals surface area contributed by atoms with E-state index in [0.717, 1.165) is 17.7 Å². The molecule has 9 heteroatoms. The van der Waals surface area contributed by atoms with E-state index in [9.17, 15) is 19.2 Å². The van der Waals surface area contributed by atoms with Gasteiger partial charge in [-0.25, -0.2) is 4.79 Å². The van der Waals surface area contributed by atoms with Crippen LogP contribution in [-0.2, 0) is 19.1 Å². The van der Waals surface area contributed by atoms with Crippen molar-refractivity contribution < 1.29 is 29.0 Å². The molecule has 0 aliphatic heterocycles. The first-order valence-corrected chi connectivity index (χ1v) is 11.5. The van der Waals surface area contributed by atoms with Gasteiger partial charge in [-0.2, -0.15) is 0 Å². The molecular formula is C24H28N2O6S. The van der Waals surface area contributed by atoms with Gasteiger partial charge in [-0.3, -0.25) is 14.4 Å². The van der Waals surface area contributed by atoms with Crippen LogP contribution in [0.15, 0.2) is 53.4 Å². The molecular weight excluding hydrogens is 444 g/mol. The Morgan fingerprint density at radius 2 is 1.55 bits per heavy atom. The summed E-state index contributed by atoms with van der Waals surface area (Å²) in [4.78, 5) is 47.5. The number of carbonyl (C=O) groups is 4. The van der Waals surface area contributed by atoms with E-state index in [1.807, 2.05) is 6.92 Å². The second-order valence-electron chi connectivity index (χ2n) is 7.28. The molecule has 0 aliphatic carbocycles. The summed E-state index contributed by atoms with van der Waals surface area (Å²) in [6, 6.07) is 13.5. The van der Waals surface area contributed by atoms with Crippen molar-refractivity contribution in [2.75, 3.05) is 17.2 Å². The predicted molar refractivity (Wildman–Crippen MR) is 128 cm³/mol. The average Bonchev–Trinajstić information content (AvgIpc) is 2.79. The summed E-state index contributed by atoms with van der Waals surface area (Å²) >= 11 is 1.36. The Morgan fingerprint density at radius 1 is 0.939 bits per heavy atom. The number of thioether (sulfide) groups is 1. The molecule has 8 nitrogen and oxygen atoms in total. The minimum Gasteiger partial charge on any atom is -0.481 e. The quantitative estimate of drug-likeness (QED) is 0.235. The van der Waals surface area contributed by atoms with Crippen molar-refractivity contribution in [3.8, 4) is 0 Å². The number of carbonyl (C=O) groups excluding carboxylic acids is 3. The Bertz CT molecular complexity index is 960. The number of ether oxygens (including phenoxy) is 1. The lowest BCUT2D eigenvalue weighted by Crippen LogP contribution is -2.22. The maximum absolute atomic E-state index is 12.5. The van der Waals surface area contributed by atoms with Gasteiger partial charge in [-0.15, -0.1) is 11.8 Å². The number of unbranched alkanes of at least 4 members (excludes halogenated alkanes) is 1. The Morgan fingerprint density at radius 3 is 2.15 bits per heavy atom. The second-order valence-corrected chi connectivity index (χ2v) is 8.70. The highest BCUT2D eigenvalue weighted by atomic mass is 32.2. The molecule has 2 rings (SSSR count). The summed E-state index contributed by atoms with van der Waals surface area (Å²) in [5.41, 5.74) is 1.57. The van der Waals surface area contributed by atoms with Gasteiger partial charge in [-0.05, 0) is 61.9 Å². The van der Waals surface area contributed by atoms with Crippen LogP contribution in [0.3, 0.4) is 0 Å². The lowest BCUT2D eigenvalue weighted by atomic mass is 10.2. The molecule has 176 valence electrons. The first kappa shape index (κ1) is 25.9. The molecule has 0 aromatic heterocycles. The number of anilines is 2. The van der Waals surface area contributed by atoms with Gasteiger partial charge >= 0.3 is 11.9 Å². The van der Waals surface area contributed by atoms with Crippen molar-refractivity contribution in [3.63, 3.8) is 0 Å². The van der Waals surface area contributed by atoms with E-state index in [0.29, 0.717) is 23.5 Å². The number of hydrogen-bond donors (Lipinski definition) is 3. The molecule has 0 radical (unpaired) electrons. The van der Waals surface area contributed by atoms with E-state index >= 15 is 0 Å². The minimum absolute atomic E-state index is 0.0932. The topological polar surface area (TPSA) is 122 Å². The smallest absolute Gasteiger partial charge is 0.338 e. The molecule has 0 saturated carbocycles. The number of esters is 1. The number of nitrogens with one attached hydrogen (secondary N) is 2. The maximum Gasteiger partial charge on any atom is 0.338 e. The highest BCUT2D eigenvalue weighted by Gasteiger charge is 2.15. The fraction of sp³-hybridized carbons (Fsp3) is 0.333. The van der Waals surface area contributed by atoms with Crippen LogP contribution >= 0.6 is 11.8 Å². The van der Waals surface area contributed by atoms with E-state index in [1.165, 1.54) is 11.8 Å². The fourth-order valence-corrected chi connectivity index (χ4v) is 3.51. The summed E-state index contributed by atoms with van der Waals surface area (Å²) in [5, 5.41) is 13.7. The molecule has 1 atom stereocenters. The van der Waals surface area contributed by atoms with E-state index < -0.39 is 5.97 Å². The van der Waals surface area contributed by atoms with Crippen LogP contribution in [0.1, 0.15) is 49.9 Å². The normalized spacial score (nSPS) is 11.3. The third-order valence-electron chi connectivity index (χ3n) is 4.51. The van der Waals surface area contributed by atoms with Gasteiger partial charge in [0.05, 0.1) is 23.8 Å². The summed E-state index contributed by atoms with van der Waals surface area (Å²) in [7, 11) is 0. The van der Waals surface area contributed by atoms with Crippen LogP contribution in [-0.4, -0.2) is 40.7 Å². The van der Waals surface area contributed by atoms with E-state index in [2.05, 4.69) is 10.6 Å². The van der Waals surface area contributed by atoms with Crippen LogP contribution < -0.4 is 10.6 Å². The molecule has 2 aromatic rings. The third kappa shape index (κ3) is 9.36. The van der Waals surface area contributed by atoms with Gasteiger partial charge < -0.3 is 20.5 Å². The zero-order valence-electron chi connectivity index (χ0n) is 18.6. The number of carboxylic acid groups (broad SMARTS) is 1. The van der Waals surface area contributed by atoms with Crippen molar-refractivity contribution in [2.45, 2.75) is 49.7 Å². The standard InChI is InChI=1S/C24H28N2O6S/c1-3-4-15-32-24(31)17-5-7-19(8-6-17)26-23(30)16(2)33-20-11-9-18(10-12-20)25-21(27)13-14-22(28)29/h5-12,16H,3-4,13-15H2,1-2H3,(H,25,27)(H,26,30)(H,28,29). The van der Waals surface area contributed by atoms with E-state index in [1.54, 1.807) is 55.5 Å². The molecule has 3 N–H and O–H groups in total. The van der Waals surface area contributed by atoms with Gasteiger partial charge in [0.2, 0.25) is 11.8 Å². The van der Waals surface area contributed by atoms with Gasteiger partial charge in [-0.1, -0.05) is 13.3 Å². The van der Waals surface area contributed by atoms with Crippen LogP contribution in [0.2, 0.25) is 0 Å². The summed E-state index contributed by atoms with van der Waals surface area (Å²) in [5.74, 6) is -1.97. The van der Waals surface area contributed by atoms with Crippen molar-refractivity contribution in [1.29, 1.82) is 0 Å². The molecule has 0 heterocycles. The van der Waals surface area contributed by atoms with Crippen molar-refractivity contribution >= 4 is 46.9 Å². The number of amides is 2. The number of aliphatic carboxylic acids is 1. The van der Waals surface area contributed by atoms with E-state index in [-0.39, 0.29) is 35.9 Å². The minimum atomic E-state index is -1.02. The molecule has 0 fully saturated rings. The monoisotopic (exact) mass is 472 g/mol. The van der Waals surface area contributed by atoms with Crippen LogP contribution in [0.5, 0.6) is 0 Å². The Kier molecular flexibility index (Phi) is 10.4. The summed E-state index contributed by atoms with van der Waals surface area (Å²) < 4.78 is 5.17. The lowest BCUT2D eigenvalue weighted by molar-refractivity contribution is -0.138. The van der Waals surface area contributed by atoms with Gasteiger partial charge in [0.1, 0.15) is 0 Å².